The molecule has 1 fully saturated rings. The molecule has 0 radical (unpaired) electrons. The average Bonchev–Trinajstić information content (AvgIpc) is 2.96. The summed E-state index contributed by atoms with van der Waals surface area (Å²) in [5.74, 6) is -0.595. The second-order valence-corrected chi connectivity index (χ2v) is 5.88. The number of likely N-dealkylation sites (tertiary alicyclic amines) is 1. The van der Waals surface area contributed by atoms with E-state index >= 15 is 0 Å². The third kappa shape index (κ3) is 2.43. The summed E-state index contributed by atoms with van der Waals surface area (Å²) in [6, 6.07) is 7.32. The highest BCUT2D eigenvalue weighted by Crippen LogP contribution is 2.23. The molecule has 5 nitrogen and oxygen atoms in total. The van der Waals surface area contributed by atoms with Gasteiger partial charge in [-0.3, -0.25) is 14.6 Å². The Balaban J connectivity index is 2.03. The standard InChI is InChI=1S/C17H19N3O2/c1-10-5-6-14-12(8-10)9-13(11(2)19-14)17(22)20-7-3-4-15(20)16(18)21/h5-6,8-9,15H,3-4,7H2,1-2H3,(H2,18,21)/t15-/m0/s1. The van der Waals surface area contributed by atoms with Gasteiger partial charge < -0.3 is 10.6 Å². The van der Waals surface area contributed by atoms with E-state index in [9.17, 15) is 9.59 Å². The number of hydrogen-bond donors (Lipinski definition) is 1. The molecule has 2 N–H and O–H groups in total. The summed E-state index contributed by atoms with van der Waals surface area (Å²) in [5, 5.41) is 0.934. The van der Waals surface area contributed by atoms with Crippen molar-refractivity contribution in [1.29, 1.82) is 0 Å². The molecule has 114 valence electrons. The Morgan fingerprint density at radius 1 is 1.27 bits per heavy atom. The molecule has 1 aliphatic rings. The van der Waals surface area contributed by atoms with Crippen molar-refractivity contribution in [2.24, 2.45) is 5.73 Å². The average molecular weight is 297 g/mol. The highest BCUT2D eigenvalue weighted by molar-refractivity contribution is 6.01. The number of amides is 2. The SMILES string of the molecule is Cc1ccc2nc(C)c(C(=O)N3CCC[C@H]3C(N)=O)cc2c1. The Hall–Kier alpha value is -2.43. The van der Waals surface area contributed by atoms with Crippen LogP contribution < -0.4 is 5.73 Å². The summed E-state index contributed by atoms with van der Waals surface area (Å²) >= 11 is 0. The topological polar surface area (TPSA) is 76.3 Å². The number of carbonyl (C=O) groups excluding carboxylic acids is 2. The molecule has 1 saturated heterocycles. The van der Waals surface area contributed by atoms with Gasteiger partial charge in [0.05, 0.1) is 16.8 Å². The van der Waals surface area contributed by atoms with Crippen LogP contribution in [0.5, 0.6) is 0 Å². The predicted molar refractivity (Wildman–Crippen MR) is 84.5 cm³/mol. The van der Waals surface area contributed by atoms with Crippen molar-refractivity contribution in [3.05, 3.63) is 41.1 Å². The van der Waals surface area contributed by atoms with Crippen LogP contribution in [0.1, 0.15) is 34.5 Å². The van der Waals surface area contributed by atoms with Crippen molar-refractivity contribution >= 4 is 22.7 Å². The van der Waals surface area contributed by atoms with Gasteiger partial charge in [-0.2, -0.15) is 0 Å². The van der Waals surface area contributed by atoms with Crippen LogP contribution in [-0.4, -0.2) is 34.3 Å². The molecule has 0 bridgehead atoms. The number of aromatic nitrogens is 1. The Bertz CT molecular complexity index is 770. The van der Waals surface area contributed by atoms with E-state index in [-0.39, 0.29) is 5.91 Å². The summed E-state index contributed by atoms with van der Waals surface area (Å²) in [7, 11) is 0. The van der Waals surface area contributed by atoms with Crippen molar-refractivity contribution in [3.63, 3.8) is 0 Å². The van der Waals surface area contributed by atoms with E-state index in [1.807, 2.05) is 38.1 Å². The first-order chi connectivity index (χ1) is 10.5. The first-order valence-corrected chi connectivity index (χ1v) is 7.45. The molecule has 0 spiro atoms. The van der Waals surface area contributed by atoms with Crippen LogP contribution in [0.2, 0.25) is 0 Å². The first kappa shape index (κ1) is 14.5. The minimum atomic E-state index is -0.500. The summed E-state index contributed by atoms with van der Waals surface area (Å²) < 4.78 is 0. The highest BCUT2D eigenvalue weighted by atomic mass is 16.2. The molecule has 1 aromatic heterocycles. The second-order valence-electron chi connectivity index (χ2n) is 5.88. The van der Waals surface area contributed by atoms with Crippen LogP contribution >= 0.6 is 0 Å². The third-order valence-corrected chi connectivity index (χ3v) is 4.23. The maximum Gasteiger partial charge on any atom is 0.256 e. The molecule has 5 heteroatoms. The lowest BCUT2D eigenvalue weighted by molar-refractivity contribution is -0.121. The molecule has 1 aliphatic heterocycles. The van der Waals surface area contributed by atoms with E-state index in [0.29, 0.717) is 24.2 Å². The summed E-state index contributed by atoms with van der Waals surface area (Å²) in [5.41, 5.74) is 8.62. The lowest BCUT2D eigenvalue weighted by Crippen LogP contribution is -2.43. The zero-order chi connectivity index (χ0) is 15.9. The van der Waals surface area contributed by atoms with Crippen LogP contribution in [-0.2, 0) is 4.79 Å². The zero-order valence-electron chi connectivity index (χ0n) is 12.8. The largest absolute Gasteiger partial charge is 0.368 e. The van der Waals surface area contributed by atoms with E-state index in [1.54, 1.807) is 4.90 Å². The monoisotopic (exact) mass is 297 g/mol. The van der Waals surface area contributed by atoms with Gasteiger partial charge in [-0.15, -0.1) is 0 Å². The lowest BCUT2D eigenvalue weighted by Gasteiger charge is -2.23. The highest BCUT2D eigenvalue weighted by Gasteiger charge is 2.33. The molecule has 2 heterocycles. The van der Waals surface area contributed by atoms with Crippen molar-refractivity contribution in [2.45, 2.75) is 32.7 Å². The molecule has 0 unspecified atom stereocenters. The smallest absolute Gasteiger partial charge is 0.256 e. The van der Waals surface area contributed by atoms with Crippen LogP contribution in [0.25, 0.3) is 10.9 Å². The maximum atomic E-state index is 12.8. The number of rotatable bonds is 2. The van der Waals surface area contributed by atoms with Gasteiger partial charge in [0.1, 0.15) is 6.04 Å². The molecule has 22 heavy (non-hydrogen) atoms. The Kier molecular flexibility index (Phi) is 3.56. The number of hydrogen-bond acceptors (Lipinski definition) is 3. The van der Waals surface area contributed by atoms with E-state index in [0.717, 1.165) is 22.9 Å². The summed E-state index contributed by atoms with van der Waals surface area (Å²) in [4.78, 5) is 30.4. The number of nitrogens with two attached hydrogens (primary N) is 1. The number of aryl methyl sites for hydroxylation is 2. The fraction of sp³-hybridized carbons (Fsp3) is 0.353. The van der Waals surface area contributed by atoms with Gasteiger partial charge in [0.15, 0.2) is 0 Å². The van der Waals surface area contributed by atoms with Gasteiger partial charge in [0, 0.05) is 11.9 Å². The summed E-state index contributed by atoms with van der Waals surface area (Å²) in [6.45, 7) is 4.39. The minimum absolute atomic E-state index is 0.158. The van der Waals surface area contributed by atoms with Crippen molar-refractivity contribution < 1.29 is 9.59 Å². The van der Waals surface area contributed by atoms with Crippen LogP contribution in [0.15, 0.2) is 24.3 Å². The zero-order valence-corrected chi connectivity index (χ0v) is 12.8. The van der Waals surface area contributed by atoms with Crippen LogP contribution in [0.3, 0.4) is 0 Å². The van der Waals surface area contributed by atoms with Gasteiger partial charge in [0.2, 0.25) is 5.91 Å². The molecule has 2 amide bonds. The normalized spacial score (nSPS) is 17.9. The summed E-state index contributed by atoms with van der Waals surface area (Å²) in [6.07, 6.45) is 1.44. The lowest BCUT2D eigenvalue weighted by atomic mass is 10.1. The van der Waals surface area contributed by atoms with Gasteiger partial charge in [-0.1, -0.05) is 11.6 Å². The number of fused-ring (bicyclic) bond motifs is 1. The molecule has 0 saturated carbocycles. The van der Waals surface area contributed by atoms with Gasteiger partial charge in [-0.25, -0.2) is 0 Å². The van der Waals surface area contributed by atoms with Crippen molar-refractivity contribution in [1.82, 2.24) is 9.88 Å². The Morgan fingerprint density at radius 3 is 2.77 bits per heavy atom. The van der Waals surface area contributed by atoms with Crippen molar-refractivity contribution in [2.75, 3.05) is 6.54 Å². The molecular formula is C17H19N3O2. The minimum Gasteiger partial charge on any atom is -0.368 e. The fourth-order valence-electron chi connectivity index (χ4n) is 3.07. The van der Waals surface area contributed by atoms with Crippen LogP contribution in [0.4, 0.5) is 0 Å². The molecular weight excluding hydrogens is 278 g/mol. The third-order valence-electron chi connectivity index (χ3n) is 4.23. The maximum absolute atomic E-state index is 12.8. The van der Waals surface area contributed by atoms with E-state index in [2.05, 4.69) is 4.98 Å². The van der Waals surface area contributed by atoms with Crippen LogP contribution in [0, 0.1) is 13.8 Å². The molecule has 2 aromatic rings. The van der Waals surface area contributed by atoms with Gasteiger partial charge in [0.25, 0.3) is 5.91 Å². The van der Waals surface area contributed by atoms with Crippen molar-refractivity contribution in [3.8, 4) is 0 Å². The first-order valence-electron chi connectivity index (χ1n) is 7.45. The Morgan fingerprint density at radius 2 is 2.05 bits per heavy atom. The quantitative estimate of drug-likeness (QED) is 0.920. The van der Waals surface area contributed by atoms with Gasteiger partial charge in [-0.05, 0) is 44.9 Å². The van der Waals surface area contributed by atoms with E-state index < -0.39 is 11.9 Å². The van der Waals surface area contributed by atoms with Gasteiger partial charge >= 0.3 is 0 Å². The second kappa shape index (κ2) is 5.40. The number of pyridine rings is 1. The number of primary amides is 1. The van der Waals surface area contributed by atoms with E-state index in [1.165, 1.54) is 0 Å². The molecule has 0 aliphatic carbocycles. The number of carbonyl (C=O) groups is 2. The van der Waals surface area contributed by atoms with E-state index in [4.69, 9.17) is 5.73 Å². The molecule has 3 rings (SSSR count). The predicted octanol–water partition coefficient (Wildman–Crippen LogP) is 1.94. The number of nitrogens with zero attached hydrogens (tertiary/aromatic N) is 2. The number of benzene rings is 1. The fourth-order valence-corrected chi connectivity index (χ4v) is 3.07. The molecule has 1 aromatic carbocycles. The molecule has 1 atom stereocenters. The Labute approximate surface area is 129 Å².